The van der Waals surface area contributed by atoms with Crippen molar-refractivity contribution in [1.82, 2.24) is 54.8 Å². The topological polar surface area (TPSA) is 202 Å². The van der Waals surface area contributed by atoms with Crippen LogP contribution in [0.3, 0.4) is 0 Å². The van der Waals surface area contributed by atoms with E-state index in [1.807, 2.05) is 80.3 Å². The van der Waals surface area contributed by atoms with Crippen LogP contribution in [-0.2, 0) is 50.5 Å². The Kier molecular flexibility index (Phi) is 15.1. The van der Waals surface area contributed by atoms with Gasteiger partial charge >= 0.3 is 19.2 Å². The van der Waals surface area contributed by atoms with Gasteiger partial charge in [0.1, 0.15) is 40.3 Å². The second-order valence-electron chi connectivity index (χ2n) is 23.0. The summed E-state index contributed by atoms with van der Waals surface area (Å²) < 4.78 is 26.9. The summed E-state index contributed by atoms with van der Waals surface area (Å²) in [6.07, 6.45) is 16.6. The highest BCUT2D eigenvalue weighted by atomic mass is 35.5. The Bertz CT molecular complexity index is 3380. The van der Waals surface area contributed by atoms with E-state index in [4.69, 9.17) is 30.4 Å². The Morgan fingerprint density at radius 1 is 0.724 bits per heavy atom. The first-order valence-electron chi connectivity index (χ1n) is 26.0. The lowest BCUT2D eigenvalue weighted by atomic mass is 9.75. The summed E-state index contributed by atoms with van der Waals surface area (Å²) >= 11 is 5.97. The van der Waals surface area contributed by atoms with E-state index in [9.17, 15) is 9.59 Å². The van der Waals surface area contributed by atoms with Gasteiger partial charge in [-0.25, -0.2) is 24.7 Å². The van der Waals surface area contributed by atoms with E-state index in [0.29, 0.717) is 11.6 Å². The summed E-state index contributed by atoms with van der Waals surface area (Å²) in [5.74, 6) is 0.0738. The number of hydrogen-bond acceptors (Lipinski definition) is 12. The Hall–Kier alpha value is -6.89. The fourth-order valence-electron chi connectivity index (χ4n) is 9.93. The average molecular weight is 1050 g/mol. The molecule has 6 aromatic heterocycles. The van der Waals surface area contributed by atoms with Crippen molar-refractivity contribution in [2.24, 2.45) is 14.1 Å². The van der Waals surface area contributed by atoms with E-state index in [1.165, 1.54) is 23.0 Å². The van der Waals surface area contributed by atoms with E-state index >= 15 is 0 Å². The standard InChI is InChI=1S/C26H29N5O2.C21H32BNO4.C10H8ClN5/c1-26(2,3)33-23(32)11-17-7-5-6-16-10-18(8-9-20(16)17)24-21-12-22(19-13-29-31(4)14-19)30-25(21)28-15-27-24;1-19(2,3)25-18(24)23-17-10-8-9-14-13-15(11-12-16(14)17)22-26-20(4,5)21(6,7)27-22;1-16-4-6(3-14-16)8-2-7-9(11)12-5-13-10(7)15-8/h8-10,12-15,17H,5-7,11H2,1-4H3,(H,27,28,30);11-13,17H,8-10H2,1-7H3,(H,23,24);2-5H,1H3,(H,12,13,15). The summed E-state index contributed by atoms with van der Waals surface area (Å²) in [5, 5.41) is 13.7. The summed E-state index contributed by atoms with van der Waals surface area (Å²) in [4.78, 5) is 48.3. The maximum absolute atomic E-state index is 12.4. The number of benzene rings is 2. The van der Waals surface area contributed by atoms with Crippen LogP contribution in [0, 0.1) is 0 Å². The molecule has 2 atom stereocenters. The van der Waals surface area contributed by atoms with Gasteiger partial charge in [0.2, 0.25) is 0 Å². The molecule has 1 amide bonds. The van der Waals surface area contributed by atoms with Gasteiger partial charge in [-0.15, -0.1) is 0 Å². The van der Waals surface area contributed by atoms with Crippen molar-refractivity contribution >= 4 is 58.3 Å². The molecule has 1 saturated heterocycles. The van der Waals surface area contributed by atoms with Gasteiger partial charge in [0, 0.05) is 48.6 Å². The highest BCUT2D eigenvalue weighted by Gasteiger charge is 2.52. The van der Waals surface area contributed by atoms with Gasteiger partial charge in [-0.2, -0.15) is 10.2 Å². The quantitative estimate of drug-likeness (QED) is 0.0776. The highest BCUT2D eigenvalue weighted by molar-refractivity contribution is 6.62. The maximum atomic E-state index is 12.4. The van der Waals surface area contributed by atoms with Crippen LogP contribution in [0.25, 0.3) is 55.8 Å². The predicted octanol–water partition coefficient (Wildman–Crippen LogP) is 11.1. The van der Waals surface area contributed by atoms with E-state index in [2.05, 4.69) is 116 Å². The van der Waals surface area contributed by atoms with Crippen LogP contribution in [0.2, 0.25) is 5.15 Å². The number of aromatic amines is 2. The zero-order valence-electron chi connectivity index (χ0n) is 45.7. The molecule has 7 heterocycles. The molecule has 2 unspecified atom stereocenters. The number of hydrogen-bond donors (Lipinski definition) is 3. The van der Waals surface area contributed by atoms with E-state index in [0.717, 1.165) is 105 Å². The summed E-state index contributed by atoms with van der Waals surface area (Å²) in [6.45, 7) is 19.6. The van der Waals surface area contributed by atoms with Crippen molar-refractivity contribution in [3.05, 3.63) is 113 Å². The third-order valence-electron chi connectivity index (χ3n) is 14.2. The number of nitrogens with one attached hydrogen (secondary N) is 3. The monoisotopic (exact) mass is 1050 g/mol. The summed E-state index contributed by atoms with van der Waals surface area (Å²) in [7, 11) is 3.42. The van der Waals surface area contributed by atoms with E-state index < -0.39 is 11.2 Å². The van der Waals surface area contributed by atoms with Crippen LogP contribution in [0.15, 0.2) is 86.0 Å². The number of amides is 1. The molecule has 17 nitrogen and oxygen atoms in total. The SMILES string of the molecule is CC(C)(C)OC(=O)NC1CCCc2cc(B3OC(C)(C)C(C)(C)O3)ccc21.Cn1cc(-c2cc3c(-c4ccc5c(c4)CCCC5CC(=O)OC(C)(C)C)ncnc3[nH]2)cn1.Cn1cc(-c2cc3c(Cl)ncnc3[nH]2)cn1. The summed E-state index contributed by atoms with van der Waals surface area (Å²) in [5.41, 5.74) is 11.7. The fraction of sp³-hybridized carbons (Fsp3) is 0.439. The molecule has 0 bridgehead atoms. The Labute approximate surface area is 449 Å². The van der Waals surface area contributed by atoms with Gasteiger partial charge in [0.15, 0.2) is 0 Å². The van der Waals surface area contributed by atoms with Crippen LogP contribution >= 0.6 is 11.6 Å². The molecule has 19 heteroatoms. The van der Waals surface area contributed by atoms with Crippen molar-refractivity contribution in [2.75, 3.05) is 0 Å². The molecule has 3 N–H and O–H groups in total. The first-order valence-corrected chi connectivity index (χ1v) is 26.4. The van der Waals surface area contributed by atoms with Gasteiger partial charge < -0.3 is 34.1 Å². The smallest absolute Gasteiger partial charge is 0.460 e. The number of aromatic nitrogens is 10. The Morgan fingerprint density at radius 2 is 1.29 bits per heavy atom. The maximum Gasteiger partial charge on any atom is 0.494 e. The molecule has 1 fully saturated rings. The molecular formula is C57H69BClN11O6. The van der Waals surface area contributed by atoms with Crippen LogP contribution in [0.4, 0.5) is 4.79 Å². The third-order valence-corrected chi connectivity index (χ3v) is 14.5. The molecule has 76 heavy (non-hydrogen) atoms. The zero-order chi connectivity index (χ0) is 54.3. The molecular weight excluding hydrogens is 981 g/mol. The number of rotatable bonds is 7. The number of halogens is 1. The molecule has 3 aliphatic rings. The van der Waals surface area contributed by atoms with E-state index in [-0.39, 0.29) is 42.3 Å². The Morgan fingerprint density at radius 3 is 1.88 bits per heavy atom. The number of fused-ring (bicyclic) bond motifs is 4. The molecule has 0 spiro atoms. The average Bonchev–Trinajstić information content (AvgIpc) is 4.19. The second-order valence-corrected chi connectivity index (χ2v) is 23.4. The first kappa shape index (κ1) is 53.9. The van der Waals surface area contributed by atoms with Crippen LogP contribution in [0.5, 0.6) is 0 Å². The number of ether oxygens (including phenoxy) is 2. The van der Waals surface area contributed by atoms with Crippen molar-refractivity contribution in [3.63, 3.8) is 0 Å². The molecule has 398 valence electrons. The number of esters is 1. The van der Waals surface area contributed by atoms with Crippen LogP contribution < -0.4 is 10.8 Å². The molecule has 8 aromatic rings. The minimum absolute atomic E-state index is 0.0176. The van der Waals surface area contributed by atoms with Crippen LogP contribution in [-0.4, -0.2) is 91.0 Å². The number of nitrogens with zero attached hydrogens (tertiary/aromatic N) is 8. The second kappa shape index (κ2) is 21.3. The minimum atomic E-state index is -0.498. The predicted molar refractivity (Wildman–Crippen MR) is 296 cm³/mol. The molecule has 1 aliphatic heterocycles. The van der Waals surface area contributed by atoms with Gasteiger partial charge in [-0.1, -0.05) is 41.9 Å². The lowest BCUT2D eigenvalue weighted by molar-refractivity contribution is -0.155. The number of carbonyl (C=O) groups excluding carboxylic acids is 2. The normalized spacial score (nSPS) is 17.7. The van der Waals surface area contributed by atoms with Gasteiger partial charge in [0.05, 0.1) is 58.5 Å². The van der Waals surface area contributed by atoms with Crippen molar-refractivity contribution in [1.29, 1.82) is 0 Å². The largest absolute Gasteiger partial charge is 0.494 e. The fourth-order valence-corrected chi connectivity index (χ4v) is 10.1. The first-order chi connectivity index (χ1) is 35.9. The number of H-pyrrole nitrogens is 2. The van der Waals surface area contributed by atoms with E-state index in [1.54, 1.807) is 21.9 Å². The number of alkyl carbamates (subject to hydrolysis) is 1. The van der Waals surface area contributed by atoms with Gasteiger partial charge in [-0.05, 0) is 160 Å². The number of aryl methyl sites for hydroxylation is 4. The van der Waals surface area contributed by atoms with Crippen LogP contribution in [0.1, 0.15) is 136 Å². The molecule has 2 aromatic carbocycles. The Balaban J connectivity index is 0.000000147. The molecule has 2 aliphatic carbocycles. The molecule has 11 rings (SSSR count). The van der Waals surface area contributed by atoms with Crippen molar-refractivity contribution in [3.8, 4) is 33.8 Å². The zero-order valence-corrected chi connectivity index (χ0v) is 46.4. The minimum Gasteiger partial charge on any atom is -0.460 e. The van der Waals surface area contributed by atoms with Gasteiger partial charge in [0.25, 0.3) is 0 Å². The number of carbonyl (C=O) groups is 2. The summed E-state index contributed by atoms with van der Waals surface area (Å²) in [6, 6.07) is 16.8. The lowest BCUT2D eigenvalue weighted by Crippen LogP contribution is -2.41. The molecule has 0 radical (unpaired) electrons. The third kappa shape index (κ3) is 12.4. The van der Waals surface area contributed by atoms with Crippen molar-refractivity contribution in [2.45, 2.75) is 149 Å². The molecule has 0 saturated carbocycles. The lowest BCUT2D eigenvalue weighted by Gasteiger charge is -2.32. The highest BCUT2D eigenvalue weighted by Crippen LogP contribution is 2.40. The van der Waals surface area contributed by atoms with Crippen molar-refractivity contribution < 1.29 is 28.4 Å². The van der Waals surface area contributed by atoms with Gasteiger partial charge in [-0.3, -0.25) is 14.2 Å².